The second-order valence-electron chi connectivity index (χ2n) is 26.1. The van der Waals surface area contributed by atoms with Crippen LogP contribution in [0.3, 0.4) is 0 Å². The van der Waals surface area contributed by atoms with Crippen LogP contribution in [0.25, 0.3) is 0 Å². The molecule has 400 valence electrons. The van der Waals surface area contributed by atoms with E-state index in [1.165, 1.54) is 128 Å². The van der Waals surface area contributed by atoms with E-state index in [4.69, 9.17) is 9.84 Å². The van der Waals surface area contributed by atoms with Gasteiger partial charge in [-0.25, -0.2) is 0 Å². The van der Waals surface area contributed by atoms with Crippen molar-refractivity contribution in [3.05, 3.63) is 0 Å². The van der Waals surface area contributed by atoms with Gasteiger partial charge in [-0.2, -0.15) is 0 Å². The van der Waals surface area contributed by atoms with E-state index in [0.29, 0.717) is 64.6 Å². The molecule has 0 radical (unpaired) electrons. The zero-order valence-corrected chi connectivity index (χ0v) is 47.2. The monoisotopic (exact) mass is 949 g/mol. The van der Waals surface area contributed by atoms with Gasteiger partial charge in [0.25, 0.3) is 0 Å². The van der Waals surface area contributed by atoms with E-state index in [9.17, 15) is 20.4 Å². The Morgan fingerprint density at radius 1 is 0.284 bits per heavy atom. The van der Waals surface area contributed by atoms with Crippen LogP contribution in [-0.4, -0.2) is 69.3 Å². The molecule has 0 aromatic carbocycles. The number of hydrogen-bond donors (Lipinski definition) is 5. The zero-order valence-electron chi connectivity index (χ0n) is 47.2. The van der Waals surface area contributed by atoms with E-state index in [-0.39, 0.29) is 30.5 Å². The van der Waals surface area contributed by atoms with Gasteiger partial charge in [0.2, 0.25) is 0 Å². The second kappa shape index (κ2) is 33.5. The molecule has 7 aliphatic carbocycles. The van der Waals surface area contributed by atoms with Gasteiger partial charge in [-0.15, -0.1) is 0 Å². The van der Waals surface area contributed by atoms with Crippen molar-refractivity contribution in [3.63, 3.8) is 0 Å². The molecular formula is C61H120O6. The Bertz CT molecular complexity index is 1150. The van der Waals surface area contributed by atoms with Crippen molar-refractivity contribution >= 4 is 0 Å². The molecule has 6 heteroatoms. The zero-order chi connectivity index (χ0) is 50.3. The van der Waals surface area contributed by atoms with Crippen molar-refractivity contribution < 1.29 is 30.3 Å². The topological polar surface area (TPSA) is 110 Å². The molecule has 1 spiro atoms. The predicted molar refractivity (Wildman–Crippen MR) is 287 cm³/mol. The highest BCUT2D eigenvalue weighted by Crippen LogP contribution is 2.53. The SMILES string of the molecule is CC(C)C1CC2(COC2)C1.CC(C)C1CCC1O.CC(C)C1CCCC1O.CC(C)C1CCCCC1.CC(C)C1CCCCC1O.CC(C)C1CCCCC1O.CC(C)C1CCCCCC1O. The van der Waals surface area contributed by atoms with E-state index in [1.807, 2.05) is 0 Å². The quantitative estimate of drug-likeness (QED) is 0.163. The lowest BCUT2D eigenvalue weighted by atomic mass is 9.58. The largest absolute Gasteiger partial charge is 0.393 e. The molecule has 10 atom stereocenters. The summed E-state index contributed by atoms with van der Waals surface area (Å²) in [5.41, 5.74) is 0.676. The maximum atomic E-state index is 9.72. The number of hydrogen-bond acceptors (Lipinski definition) is 6. The molecule has 8 fully saturated rings. The molecule has 1 heterocycles. The summed E-state index contributed by atoms with van der Waals surface area (Å²) >= 11 is 0. The minimum atomic E-state index is -0.0162. The average molecular weight is 950 g/mol. The van der Waals surface area contributed by atoms with Gasteiger partial charge in [0.05, 0.1) is 43.7 Å². The van der Waals surface area contributed by atoms with Crippen molar-refractivity contribution in [2.24, 2.45) is 88.3 Å². The highest BCUT2D eigenvalue weighted by Gasteiger charge is 2.50. The average Bonchev–Trinajstić information content (AvgIpc) is 3.55. The third-order valence-corrected chi connectivity index (χ3v) is 18.4. The second-order valence-corrected chi connectivity index (χ2v) is 26.1. The van der Waals surface area contributed by atoms with Crippen LogP contribution in [-0.2, 0) is 4.74 Å². The molecular weight excluding hydrogens is 829 g/mol. The lowest BCUT2D eigenvalue weighted by Crippen LogP contribution is -2.53. The van der Waals surface area contributed by atoms with E-state index in [2.05, 4.69) is 96.9 Å². The summed E-state index contributed by atoms with van der Waals surface area (Å²) in [5, 5.41) is 47.2. The summed E-state index contributed by atoms with van der Waals surface area (Å²) in [6.45, 7) is 33.5. The summed E-state index contributed by atoms with van der Waals surface area (Å²) in [6.07, 6.45) is 31.8. The maximum Gasteiger partial charge on any atom is 0.0571 e. The third kappa shape index (κ3) is 23.5. The Hall–Kier alpha value is -0.240. The summed E-state index contributed by atoms with van der Waals surface area (Å²) in [4.78, 5) is 0. The third-order valence-electron chi connectivity index (χ3n) is 18.4. The van der Waals surface area contributed by atoms with Crippen LogP contribution in [0.4, 0.5) is 0 Å². The molecule has 0 aromatic heterocycles. The molecule has 10 unspecified atom stereocenters. The van der Waals surface area contributed by atoms with E-state index in [0.717, 1.165) is 69.0 Å². The van der Waals surface area contributed by atoms with E-state index >= 15 is 0 Å². The molecule has 0 amide bonds. The molecule has 0 bridgehead atoms. The Kier molecular flexibility index (Phi) is 31.4. The van der Waals surface area contributed by atoms with Crippen molar-refractivity contribution in [2.45, 2.75) is 288 Å². The van der Waals surface area contributed by atoms with Crippen molar-refractivity contribution in [2.75, 3.05) is 13.2 Å². The van der Waals surface area contributed by atoms with Crippen LogP contribution in [0, 0.1) is 88.3 Å². The van der Waals surface area contributed by atoms with Gasteiger partial charge < -0.3 is 30.3 Å². The van der Waals surface area contributed by atoms with Gasteiger partial charge in [-0.3, -0.25) is 0 Å². The van der Waals surface area contributed by atoms with E-state index in [1.54, 1.807) is 0 Å². The highest BCUT2D eigenvalue weighted by molar-refractivity contribution is 4.98. The van der Waals surface area contributed by atoms with Crippen LogP contribution in [0.15, 0.2) is 0 Å². The Morgan fingerprint density at radius 2 is 0.552 bits per heavy atom. The molecule has 7 saturated carbocycles. The van der Waals surface area contributed by atoms with Crippen molar-refractivity contribution in [1.29, 1.82) is 0 Å². The van der Waals surface area contributed by atoms with Gasteiger partial charge in [0, 0.05) is 5.41 Å². The normalized spacial score (nSPS) is 32.9. The molecule has 6 nitrogen and oxygen atoms in total. The Balaban J connectivity index is 0.000000269. The fraction of sp³-hybridized carbons (Fsp3) is 1.00. The lowest BCUT2D eigenvalue weighted by Gasteiger charge is -2.54. The highest BCUT2D eigenvalue weighted by atomic mass is 16.5. The first-order valence-electron chi connectivity index (χ1n) is 29.6. The molecule has 67 heavy (non-hydrogen) atoms. The molecule has 8 aliphatic rings. The lowest BCUT2D eigenvalue weighted by molar-refractivity contribution is -0.185. The predicted octanol–water partition coefficient (Wildman–Crippen LogP) is 15.5. The fourth-order valence-electron chi connectivity index (χ4n) is 12.9. The first kappa shape index (κ1) is 62.9. The Morgan fingerprint density at radius 3 is 0.791 bits per heavy atom. The number of aliphatic hydroxyl groups excluding tert-OH is 5. The summed E-state index contributed by atoms with van der Waals surface area (Å²) < 4.78 is 5.21. The van der Waals surface area contributed by atoms with Crippen molar-refractivity contribution in [1.82, 2.24) is 0 Å². The Labute approximate surface area is 418 Å². The minimum absolute atomic E-state index is 0.00463. The molecule has 8 rings (SSSR count). The first-order valence-corrected chi connectivity index (χ1v) is 29.6. The summed E-state index contributed by atoms with van der Waals surface area (Å²) in [5.74, 6) is 10.1. The fourth-order valence-corrected chi connectivity index (χ4v) is 12.9. The van der Waals surface area contributed by atoms with Gasteiger partial charge in [-0.05, 0) is 160 Å². The van der Waals surface area contributed by atoms with E-state index < -0.39 is 0 Å². The van der Waals surface area contributed by atoms with Crippen LogP contribution < -0.4 is 0 Å². The smallest absolute Gasteiger partial charge is 0.0571 e. The molecule has 0 aromatic rings. The van der Waals surface area contributed by atoms with Crippen LogP contribution in [0.1, 0.15) is 257 Å². The number of aliphatic hydroxyl groups is 5. The molecule has 1 saturated heterocycles. The van der Waals surface area contributed by atoms with Gasteiger partial charge in [0.15, 0.2) is 0 Å². The minimum Gasteiger partial charge on any atom is -0.393 e. The van der Waals surface area contributed by atoms with Crippen LogP contribution in [0.2, 0.25) is 0 Å². The standard InChI is InChI=1S/C10H20O.C9H16O.2C9H18O.C9H18.C8H16O.C7H14O/c1-8(2)9-6-4-3-5-7-10(9)11;1-7(2)8-3-9(4-8)5-10-6-9;2*1-7(2)8-5-3-4-6-9(8)10;1-8(2)9-6-4-3-5-7-9;1-6(2)7-4-3-5-8(7)9;1-5(2)6-3-4-7(6)8/h8-11H,3-7H2,1-2H3;7-8H,3-6H2,1-2H3;2*7-10H,3-6H2,1-2H3;8-9H,3-7H2,1-2H3;6-9H,3-5H2,1-2H3;5-8H,3-4H2,1-2H3. The summed E-state index contributed by atoms with van der Waals surface area (Å²) in [7, 11) is 0. The first-order chi connectivity index (χ1) is 31.6. The molecule has 5 N–H and O–H groups in total. The maximum absolute atomic E-state index is 9.72. The van der Waals surface area contributed by atoms with Gasteiger partial charge in [0.1, 0.15) is 0 Å². The van der Waals surface area contributed by atoms with Crippen molar-refractivity contribution in [3.8, 4) is 0 Å². The number of ether oxygens (including phenoxy) is 1. The van der Waals surface area contributed by atoms with Crippen LogP contribution >= 0.6 is 0 Å². The van der Waals surface area contributed by atoms with Gasteiger partial charge in [-0.1, -0.05) is 180 Å². The summed E-state index contributed by atoms with van der Waals surface area (Å²) in [6, 6.07) is 0. The van der Waals surface area contributed by atoms with Gasteiger partial charge >= 0.3 is 0 Å². The number of rotatable bonds is 7. The van der Waals surface area contributed by atoms with Crippen LogP contribution in [0.5, 0.6) is 0 Å². The molecule has 1 aliphatic heterocycles.